The first-order chi connectivity index (χ1) is 10.5. The Balaban J connectivity index is 2.00. The molecule has 1 saturated heterocycles. The van der Waals surface area contributed by atoms with Gasteiger partial charge in [0.05, 0.1) is 19.8 Å². The topological polar surface area (TPSA) is 68.9 Å². The maximum absolute atomic E-state index is 6.00. The summed E-state index contributed by atoms with van der Waals surface area (Å²) in [6, 6.07) is 6.47. The highest BCUT2D eigenvalue weighted by molar-refractivity contribution is 5.78. The van der Waals surface area contributed by atoms with Crippen molar-refractivity contribution < 1.29 is 9.47 Å². The van der Waals surface area contributed by atoms with Crippen molar-refractivity contribution in [1.29, 1.82) is 0 Å². The van der Waals surface area contributed by atoms with E-state index in [9.17, 15) is 0 Å². The standard InChI is InChI=1S/C17H27N3O2/c1-12(2)20-17(18)19-9-15-5-4-13(3)8-16(15)22-11-14-6-7-21-10-14/h4-5,8,12,14H,6-7,9-11H2,1-3H3,(H3,18,19,20). The second kappa shape index (κ2) is 8.03. The minimum Gasteiger partial charge on any atom is -0.493 e. The monoisotopic (exact) mass is 305 g/mol. The van der Waals surface area contributed by atoms with Gasteiger partial charge >= 0.3 is 0 Å². The summed E-state index contributed by atoms with van der Waals surface area (Å²) in [7, 11) is 0. The molecule has 22 heavy (non-hydrogen) atoms. The van der Waals surface area contributed by atoms with E-state index in [0.717, 1.165) is 30.9 Å². The molecule has 0 aromatic heterocycles. The van der Waals surface area contributed by atoms with Gasteiger partial charge in [-0.3, -0.25) is 0 Å². The van der Waals surface area contributed by atoms with E-state index in [1.807, 2.05) is 13.8 Å². The van der Waals surface area contributed by atoms with Crippen molar-refractivity contribution in [3.8, 4) is 5.75 Å². The largest absolute Gasteiger partial charge is 0.493 e. The number of nitrogens with two attached hydrogens (primary N) is 1. The van der Waals surface area contributed by atoms with Crippen molar-refractivity contribution in [2.24, 2.45) is 16.6 Å². The van der Waals surface area contributed by atoms with Crippen LogP contribution < -0.4 is 15.8 Å². The molecule has 0 spiro atoms. The van der Waals surface area contributed by atoms with Gasteiger partial charge in [-0.15, -0.1) is 0 Å². The average molecular weight is 305 g/mol. The summed E-state index contributed by atoms with van der Waals surface area (Å²) < 4.78 is 11.4. The first-order valence-corrected chi connectivity index (χ1v) is 7.91. The first kappa shape index (κ1) is 16.6. The number of aliphatic imine (C=N–C) groups is 1. The molecule has 5 nitrogen and oxygen atoms in total. The molecule has 0 bridgehead atoms. The van der Waals surface area contributed by atoms with Gasteiger partial charge in [0.1, 0.15) is 5.75 Å². The fraction of sp³-hybridized carbons (Fsp3) is 0.588. The summed E-state index contributed by atoms with van der Waals surface area (Å²) >= 11 is 0. The van der Waals surface area contributed by atoms with E-state index >= 15 is 0 Å². The molecule has 1 aliphatic rings. The third-order valence-electron chi connectivity index (χ3n) is 3.58. The molecule has 1 aromatic carbocycles. The Morgan fingerprint density at radius 3 is 3.00 bits per heavy atom. The maximum Gasteiger partial charge on any atom is 0.189 e. The van der Waals surface area contributed by atoms with E-state index < -0.39 is 0 Å². The summed E-state index contributed by atoms with van der Waals surface area (Å²) in [6.07, 6.45) is 1.07. The molecule has 1 fully saturated rings. The van der Waals surface area contributed by atoms with Gasteiger partial charge in [0, 0.05) is 24.1 Å². The SMILES string of the molecule is Cc1ccc(CN=C(N)NC(C)C)c(OCC2CCOC2)c1. The van der Waals surface area contributed by atoms with Crippen LogP contribution in [0.4, 0.5) is 0 Å². The van der Waals surface area contributed by atoms with Gasteiger partial charge in [0.25, 0.3) is 0 Å². The Labute approximate surface area is 132 Å². The number of nitrogens with zero attached hydrogens (tertiary/aromatic N) is 1. The third kappa shape index (κ3) is 5.22. The molecule has 0 aliphatic carbocycles. The normalized spacial score (nSPS) is 18.7. The number of benzene rings is 1. The molecule has 1 atom stereocenters. The molecule has 1 aromatic rings. The molecule has 5 heteroatoms. The van der Waals surface area contributed by atoms with E-state index in [4.69, 9.17) is 15.2 Å². The molecule has 122 valence electrons. The number of nitrogens with one attached hydrogen (secondary N) is 1. The summed E-state index contributed by atoms with van der Waals surface area (Å²) in [4.78, 5) is 4.38. The van der Waals surface area contributed by atoms with Crippen LogP contribution in [0, 0.1) is 12.8 Å². The van der Waals surface area contributed by atoms with Crippen molar-refractivity contribution >= 4 is 5.96 Å². The quantitative estimate of drug-likeness (QED) is 0.624. The van der Waals surface area contributed by atoms with Crippen LogP contribution in [-0.4, -0.2) is 31.8 Å². The van der Waals surface area contributed by atoms with Crippen LogP contribution in [0.3, 0.4) is 0 Å². The number of ether oxygens (including phenoxy) is 2. The molecule has 3 N–H and O–H groups in total. The van der Waals surface area contributed by atoms with Crippen molar-refractivity contribution in [1.82, 2.24) is 5.32 Å². The molecule has 1 aliphatic heterocycles. The predicted octanol–water partition coefficient (Wildman–Crippen LogP) is 2.22. The Morgan fingerprint density at radius 2 is 2.32 bits per heavy atom. The van der Waals surface area contributed by atoms with Gasteiger partial charge in [0.2, 0.25) is 0 Å². The Bertz CT molecular complexity index is 509. The highest BCUT2D eigenvalue weighted by Crippen LogP contribution is 2.23. The van der Waals surface area contributed by atoms with Gasteiger partial charge in [-0.25, -0.2) is 4.99 Å². The summed E-state index contributed by atoms with van der Waals surface area (Å²) in [6.45, 7) is 8.98. The third-order valence-corrected chi connectivity index (χ3v) is 3.58. The van der Waals surface area contributed by atoms with E-state index in [2.05, 4.69) is 35.4 Å². The minimum absolute atomic E-state index is 0.278. The second-order valence-electron chi connectivity index (χ2n) is 6.15. The molecular formula is C17H27N3O2. The van der Waals surface area contributed by atoms with E-state index in [0.29, 0.717) is 25.0 Å². The van der Waals surface area contributed by atoms with Gasteiger partial charge in [-0.2, -0.15) is 0 Å². The number of rotatable bonds is 6. The highest BCUT2D eigenvalue weighted by Gasteiger charge is 2.17. The van der Waals surface area contributed by atoms with Crippen molar-refractivity contribution in [3.63, 3.8) is 0 Å². The lowest BCUT2D eigenvalue weighted by molar-refractivity contribution is 0.166. The number of aryl methyl sites for hydroxylation is 1. The summed E-state index contributed by atoms with van der Waals surface area (Å²) in [5.74, 6) is 1.85. The lowest BCUT2D eigenvalue weighted by Gasteiger charge is -2.14. The zero-order valence-electron chi connectivity index (χ0n) is 13.8. The van der Waals surface area contributed by atoms with Crippen LogP contribution in [0.5, 0.6) is 5.75 Å². The van der Waals surface area contributed by atoms with Crippen LogP contribution in [0.25, 0.3) is 0 Å². The first-order valence-electron chi connectivity index (χ1n) is 7.91. The molecule has 1 unspecified atom stereocenters. The number of hydrogen-bond acceptors (Lipinski definition) is 3. The van der Waals surface area contributed by atoms with E-state index in [1.165, 1.54) is 5.56 Å². The van der Waals surface area contributed by atoms with Crippen LogP contribution in [-0.2, 0) is 11.3 Å². The zero-order valence-corrected chi connectivity index (χ0v) is 13.8. The Morgan fingerprint density at radius 1 is 1.50 bits per heavy atom. The van der Waals surface area contributed by atoms with Crippen LogP contribution in [0.15, 0.2) is 23.2 Å². The lowest BCUT2D eigenvalue weighted by Crippen LogP contribution is -2.36. The number of hydrogen-bond donors (Lipinski definition) is 2. The predicted molar refractivity (Wildman–Crippen MR) is 89.2 cm³/mol. The van der Waals surface area contributed by atoms with Gasteiger partial charge in [-0.05, 0) is 38.8 Å². The smallest absolute Gasteiger partial charge is 0.189 e. The lowest BCUT2D eigenvalue weighted by atomic mass is 10.1. The fourth-order valence-corrected chi connectivity index (χ4v) is 2.36. The molecule has 2 rings (SSSR count). The molecule has 0 radical (unpaired) electrons. The van der Waals surface area contributed by atoms with Crippen molar-refractivity contribution in [3.05, 3.63) is 29.3 Å². The number of guanidine groups is 1. The van der Waals surface area contributed by atoms with Gasteiger partial charge in [-0.1, -0.05) is 12.1 Å². The summed E-state index contributed by atoms with van der Waals surface area (Å²) in [5, 5.41) is 3.09. The second-order valence-corrected chi connectivity index (χ2v) is 6.15. The van der Waals surface area contributed by atoms with Crippen molar-refractivity contribution in [2.45, 2.75) is 39.8 Å². The van der Waals surface area contributed by atoms with Crippen LogP contribution in [0.1, 0.15) is 31.4 Å². The molecular weight excluding hydrogens is 278 g/mol. The van der Waals surface area contributed by atoms with Crippen LogP contribution in [0.2, 0.25) is 0 Å². The molecule has 1 heterocycles. The Hall–Kier alpha value is -1.75. The summed E-state index contributed by atoms with van der Waals surface area (Å²) in [5.41, 5.74) is 8.09. The van der Waals surface area contributed by atoms with Crippen molar-refractivity contribution in [2.75, 3.05) is 19.8 Å². The maximum atomic E-state index is 6.00. The Kier molecular flexibility index (Phi) is 6.07. The average Bonchev–Trinajstić information content (AvgIpc) is 2.96. The highest BCUT2D eigenvalue weighted by atomic mass is 16.5. The van der Waals surface area contributed by atoms with E-state index in [-0.39, 0.29) is 6.04 Å². The van der Waals surface area contributed by atoms with Gasteiger partial charge < -0.3 is 20.5 Å². The zero-order chi connectivity index (χ0) is 15.9. The van der Waals surface area contributed by atoms with Gasteiger partial charge in [0.15, 0.2) is 5.96 Å². The minimum atomic E-state index is 0.278. The molecule has 0 amide bonds. The molecule has 0 saturated carbocycles. The fourth-order valence-electron chi connectivity index (χ4n) is 2.36. The van der Waals surface area contributed by atoms with Crippen LogP contribution >= 0.6 is 0 Å². The van der Waals surface area contributed by atoms with E-state index in [1.54, 1.807) is 0 Å².